The number of guanidine groups is 1. The van der Waals surface area contributed by atoms with Crippen molar-refractivity contribution in [1.82, 2.24) is 10.6 Å². The summed E-state index contributed by atoms with van der Waals surface area (Å²) in [6.45, 7) is 4.47. The minimum absolute atomic E-state index is 0.312. The predicted octanol–water partition coefficient (Wildman–Crippen LogP) is 1.85. The molecule has 0 bridgehead atoms. The van der Waals surface area contributed by atoms with Crippen molar-refractivity contribution in [2.75, 3.05) is 27.3 Å². The summed E-state index contributed by atoms with van der Waals surface area (Å²) in [6, 6.07) is 6.18. The minimum atomic E-state index is 0.312. The van der Waals surface area contributed by atoms with Crippen molar-refractivity contribution in [1.29, 1.82) is 0 Å². The number of ether oxygens (including phenoxy) is 2. The summed E-state index contributed by atoms with van der Waals surface area (Å²) in [5.74, 6) is 1.72. The molecule has 5 nitrogen and oxygen atoms in total. The van der Waals surface area contributed by atoms with E-state index >= 15 is 0 Å². The van der Waals surface area contributed by atoms with Gasteiger partial charge in [0.1, 0.15) is 5.75 Å². The third-order valence-electron chi connectivity index (χ3n) is 3.66. The van der Waals surface area contributed by atoms with E-state index in [2.05, 4.69) is 27.8 Å². The molecule has 0 spiro atoms. The van der Waals surface area contributed by atoms with Crippen LogP contribution < -0.4 is 15.4 Å². The summed E-state index contributed by atoms with van der Waals surface area (Å²) in [7, 11) is 3.47. The molecule has 1 atom stereocenters. The first-order valence-electron chi connectivity index (χ1n) is 7.42. The molecular weight excluding hydrogens is 266 g/mol. The molecule has 0 aliphatic carbocycles. The van der Waals surface area contributed by atoms with Crippen molar-refractivity contribution in [3.8, 4) is 5.75 Å². The molecule has 0 aromatic heterocycles. The van der Waals surface area contributed by atoms with Crippen LogP contribution in [0.5, 0.6) is 5.75 Å². The van der Waals surface area contributed by atoms with Crippen molar-refractivity contribution in [2.24, 2.45) is 4.99 Å². The van der Waals surface area contributed by atoms with Crippen molar-refractivity contribution in [3.05, 3.63) is 29.3 Å². The fraction of sp³-hybridized carbons (Fsp3) is 0.562. The highest BCUT2D eigenvalue weighted by atomic mass is 16.5. The van der Waals surface area contributed by atoms with Gasteiger partial charge >= 0.3 is 0 Å². The van der Waals surface area contributed by atoms with Gasteiger partial charge < -0.3 is 20.1 Å². The highest BCUT2D eigenvalue weighted by molar-refractivity contribution is 5.79. The molecule has 1 saturated heterocycles. The Hall–Kier alpha value is -1.75. The number of rotatable bonds is 5. The van der Waals surface area contributed by atoms with E-state index in [-0.39, 0.29) is 0 Å². The third kappa shape index (κ3) is 4.63. The highest BCUT2D eigenvalue weighted by Gasteiger charge is 2.15. The monoisotopic (exact) mass is 291 g/mol. The van der Waals surface area contributed by atoms with Crippen LogP contribution in [0.1, 0.15) is 24.0 Å². The van der Waals surface area contributed by atoms with Crippen LogP contribution in [-0.2, 0) is 11.3 Å². The topological polar surface area (TPSA) is 54.9 Å². The van der Waals surface area contributed by atoms with Gasteiger partial charge in [0.05, 0.1) is 13.2 Å². The summed E-state index contributed by atoms with van der Waals surface area (Å²) < 4.78 is 10.9. The van der Waals surface area contributed by atoms with Gasteiger partial charge in [-0.15, -0.1) is 0 Å². The molecule has 1 aliphatic heterocycles. The van der Waals surface area contributed by atoms with Crippen LogP contribution in [0.25, 0.3) is 0 Å². The van der Waals surface area contributed by atoms with Gasteiger partial charge in [-0.05, 0) is 37.0 Å². The van der Waals surface area contributed by atoms with Gasteiger partial charge in [-0.25, -0.2) is 0 Å². The fourth-order valence-corrected chi connectivity index (χ4v) is 2.47. The molecule has 2 N–H and O–H groups in total. The number of benzene rings is 1. The molecular formula is C16H25N3O2. The standard InChI is InChI=1S/C16H25N3O2/c1-12-9-13(6-7-15(12)20-3)10-18-16(17-2)19-11-14-5-4-8-21-14/h6-7,9,14H,4-5,8,10-11H2,1-3H3,(H2,17,18,19). The average Bonchev–Trinajstić information content (AvgIpc) is 3.01. The zero-order valence-electron chi connectivity index (χ0n) is 13.1. The van der Waals surface area contributed by atoms with E-state index < -0.39 is 0 Å². The van der Waals surface area contributed by atoms with Gasteiger partial charge in [0.2, 0.25) is 0 Å². The Bertz CT molecular complexity index is 482. The molecule has 116 valence electrons. The van der Waals surface area contributed by atoms with Crippen LogP contribution in [0.3, 0.4) is 0 Å². The lowest BCUT2D eigenvalue weighted by molar-refractivity contribution is 0.114. The van der Waals surface area contributed by atoms with Crippen LogP contribution in [0.15, 0.2) is 23.2 Å². The van der Waals surface area contributed by atoms with E-state index in [1.165, 1.54) is 5.56 Å². The zero-order valence-corrected chi connectivity index (χ0v) is 13.1. The number of nitrogens with one attached hydrogen (secondary N) is 2. The largest absolute Gasteiger partial charge is 0.496 e. The molecule has 2 rings (SSSR count). The van der Waals surface area contributed by atoms with Gasteiger partial charge in [-0.3, -0.25) is 4.99 Å². The van der Waals surface area contributed by atoms with Crippen LogP contribution in [0.2, 0.25) is 0 Å². The molecule has 0 saturated carbocycles. The first-order chi connectivity index (χ1) is 10.2. The van der Waals surface area contributed by atoms with E-state index in [0.29, 0.717) is 6.10 Å². The Morgan fingerprint density at radius 3 is 2.90 bits per heavy atom. The van der Waals surface area contributed by atoms with E-state index in [1.807, 2.05) is 13.0 Å². The SMILES string of the molecule is CN=C(NCc1ccc(OC)c(C)c1)NCC1CCCO1. The third-order valence-corrected chi connectivity index (χ3v) is 3.66. The Labute approximate surface area is 126 Å². The lowest BCUT2D eigenvalue weighted by Crippen LogP contribution is -2.40. The second-order valence-corrected chi connectivity index (χ2v) is 5.25. The Morgan fingerprint density at radius 1 is 1.43 bits per heavy atom. The Balaban J connectivity index is 1.80. The molecule has 1 aliphatic rings. The van der Waals surface area contributed by atoms with Crippen molar-refractivity contribution in [3.63, 3.8) is 0 Å². The molecule has 1 aromatic carbocycles. The molecule has 21 heavy (non-hydrogen) atoms. The molecule has 0 radical (unpaired) electrons. The minimum Gasteiger partial charge on any atom is -0.496 e. The van der Waals surface area contributed by atoms with E-state index in [1.54, 1.807) is 14.2 Å². The number of hydrogen-bond acceptors (Lipinski definition) is 3. The predicted molar refractivity (Wildman–Crippen MR) is 84.9 cm³/mol. The summed E-state index contributed by atoms with van der Waals surface area (Å²) in [6.07, 6.45) is 2.59. The molecule has 5 heteroatoms. The Morgan fingerprint density at radius 2 is 2.29 bits per heavy atom. The van der Waals surface area contributed by atoms with Gasteiger partial charge in [-0.1, -0.05) is 12.1 Å². The maximum absolute atomic E-state index is 5.59. The first kappa shape index (κ1) is 15.6. The smallest absolute Gasteiger partial charge is 0.191 e. The molecule has 1 aromatic rings. The number of aryl methyl sites for hydroxylation is 1. The van der Waals surface area contributed by atoms with Crippen molar-refractivity contribution in [2.45, 2.75) is 32.4 Å². The van der Waals surface area contributed by atoms with Gasteiger partial charge in [0, 0.05) is 26.7 Å². The molecule has 1 heterocycles. The lowest BCUT2D eigenvalue weighted by Gasteiger charge is -2.15. The number of nitrogens with zero attached hydrogens (tertiary/aromatic N) is 1. The van der Waals surface area contributed by atoms with Crippen molar-refractivity contribution < 1.29 is 9.47 Å². The Kier molecular flexibility index (Phi) is 5.87. The highest BCUT2D eigenvalue weighted by Crippen LogP contribution is 2.18. The molecule has 1 unspecified atom stereocenters. The number of methoxy groups -OCH3 is 1. The van der Waals surface area contributed by atoms with Crippen LogP contribution in [0, 0.1) is 6.92 Å². The molecule has 1 fully saturated rings. The van der Waals surface area contributed by atoms with Gasteiger partial charge in [-0.2, -0.15) is 0 Å². The van der Waals surface area contributed by atoms with E-state index in [4.69, 9.17) is 9.47 Å². The van der Waals surface area contributed by atoms with Gasteiger partial charge in [0.25, 0.3) is 0 Å². The quantitative estimate of drug-likeness (QED) is 0.642. The fourth-order valence-electron chi connectivity index (χ4n) is 2.47. The van der Waals surface area contributed by atoms with Crippen LogP contribution in [0.4, 0.5) is 0 Å². The lowest BCUT2D eigenvalue weighted by atomic mass is 10.1. The second-order valence-electron chi connectivity index (χ2n) is 5.25. The van der Waals surface area contributed by atoms with Crippen LogP contribution >= 0.6 is 0 Å². The van der Waals surface area contributed by atoms with E-state index in [0.717, 1.165) is 49.8 Å². The van der Waals surface area contributed by atoms with E-state index in [9.17, 15) is 0 Å². The zero-order chi connectivity index (χ0) is 15.1. The summed E-state index contributed by atoms with van der Waals surface area (Å²) >= 11 is 0. The number of hydrogen-bond donors (Lipinski definition) is 2. The summed E-state index contributed by atoms with van der Waals surface area (Å²) in [5, 5.41) is 6.62. The normalized spacial score (nSPS) is 18.6. The molecule has 0 amide bonds. The maximum Gasteiger partial charge on any atom is 0.191 e. The second kappa shape index (κ2) is 7.88. The average molecular weight is 291 g/mol. The van der Waals surface area contributed by atoms with Gasteiger partial charge in [0.15, 0.2) is 5.96 Å². The summed E-state index contributed by atoms with van der Waals surface area (Å²) in [5.41, 5.74) is 2.34. The number of aliphatic imine (C=N–C) groups is 1. The summed E-state index contributed by atoms with van der Waals surface area (Å²) in [4.78, 5) is 4.23. The maximum atomic E-state index is 5.59. The van der Waals surface area contributed by atoms with Crippen LogP contribution in [-0.4, -0.2) is 39.4 Å². The van der Waals surface area contributed by atoms with Crippen molar-refractivity contribution >= 4 is 5.96 Å². The first-order valence-corrected chi connectivity index (χ1v) is 7.42.